The average Bonchev–Trinajstić information content (AvgIpc) is 2.65. The van der Waals surface area contributed by atoms with Crippen LogP contribution in [0.2, 0.25) is 0 Å². The zero-order valence-corrected chi connectivity index (χ0v) is 14.9. The van der Waals surface area contributed by atoms with Crippen LogP contribution in [0.25, 0.3) is 0 Å². The SMILES string of the molecule is COc1ccc(Nc2cc(C(=O)Nc3ccc(C)c(C)c3)ncn2)cc1. The van der Waals surface area contributed by atoms with Crippen LogP contribution in [0.15, 0.2) is 54.9 Å². The van der Waals surface area contributed by atoms with Crippen molar-refractivity contribution >= 4 is 23.1 Å². The number of ether oxygens (including phenoxy) is 1. The molecule has 26 heavy (non-hydrogen) atoms. The maximum Gasteiger partial charge on any atom is 0.274 e. The molecule has 2 N–H and O–H groups in total. The fourth-order valence-electron chi connectivity index (χ4n) is 2.39. The predicted octanol–water partition coefficient (Wildman–Crippen LogP) is 4.10. The van der Waals surface area contributed by atoms with Crippen LogP contribution in [-0.2, 0) is 0 Å². The molecule has 132 valence electrons. The number of carbonyl (C=O) groups excluding carboxylic acids is 1. The molecule has 0 saturated carbocycles. The standard InChI is InChI=1S/C20H20N4O2/c1-13-4-5-16(10-14(13)2)24-20(25)18-11-19(22-12-21-18)23-15-6-8-17(26-3)9-7-15/h4-12H,1-3H3,(H,24,25)(H,21,22,23). The Bertz CT molecular complexity index is 923. The molecule has 1 amide bonds. The van der Waals surface area contributed by atoms with Crippen molar-refractivity contribution in [3.05, 3.63) is 71.7 Å². The molecule has 1 aromatic heterocycles. The number of hydrogen-bond acceptors (Lipinski definition) is 5. The lowest BCUT2D eigenvalue weighted by Gasteiger charge is -2.09. The van der Waals surface area contributed by atoms with Crippen LogP contribution in [-0.4, -0.2) is 23.0 Å². The first-order valence-corrected chi connectivity index (χ1v) is 8.17. The lowest BCUT2D eigenvalue weighted by Crippen LogP contribution is -2.14. The highest BCUT2D eigenvalue weighted by Crippen LogP contribution is 2.19. The third-order valence-electron chi connectivity index (χ3n) is 4.03. The topological polar surface area (TPSA) is 76.1 Å². The van der Waals surface area contributed by atoms with Crippen LogP contribution in [0.4, 0.5) is 17.2 Å². The summed E-state index contributed by atoms with van der Waals surface area (Å²) in [6.45, 7) is 4.04. The third-order valence-corrected chi connectivity index (χ3v) is 4.03. The van der Waals surface area contributed by atoms with E-state index in [1.54, 1.807) is 13.2 Å². The molecule has 0 aliphatic heterocycles. The van der Waals surface area contributed by atoms with E-state index in [4.69, 9.17) is 4.74 Å². The van der Waals surface area contributed by atoms with Crippen molar-refractivity contribution in [2.75, 3.05) is 17.7 Å². The number of rotatable bonds is 5. The quantitative estimate of drug-likeness (QED) is 0.726. The number of aromatic nitrogens is 2. The van der Waals surface area contributed by atoms with Crippen molar-refractivity contribution in [3.8, 4) is 5.75 Å². The molecule has 0 bridgehead atoms. The molecule has 0 radical (unpaired) electrons. The normalized spacial score (nSPS) is 10.3. The number of aryl methyl sites for hydroxylation is 2. The van der Waals surface area contributed by atoms with Crippen LogP contribution in [0, 0.1) is 13.8 Å². The molecule has 3 rings (SSSR count). The number of methoxy groups -OCH3 is 1. The molecule has 0 saturated heterocycles. The van der Waals surface area contributed by atoms with Gasteiger partial charge in [0.05, 0.1) is 7.11 Å². The van der Waals surface area contributed by atoms with Crippen molar-refractivity contribution in [2.45, 2.75) is 13.8 Å². The van der Waals surface area contributed by atoms with Gasteiger partial charge in [0.2, 0.25) is 0 Å². The minimum atomic E-state index is -0.284. The Kier molecular flexibility index (Phi) is 5.12. The zero-order chi connectivity index (χ0) is 18.5. The molecule has 6 heteroatoms. The summed E-state index contributed by atoms with van der Waals surface area (Å²) in [5.74, 6) is 1.02. The summed E-state index contributed by atoms with van der Waals surface area (Å²) in [5, 5.41) is 6.00. The first-order valence-electron chi connectivity index (χ1n) is 8.17. The molecule has 2 aromatic carbocycles. The molecule has 1 heterocycles. The van der Waals surface area contributed by atoms with E-state index in [9.17, 15) is 4.79 Å². The van der Waals surface area contributed by atoms with E-state index in [0.717, 1.165) is 22.7 Å². The van der Waals surface area contributed by atoms with E-state index >= 15 is 0 Å². The highest BCUT2D eigenvalue weighted by Gasteiger charge is 2.10. The van der Waals surface area contributed by atoms with Gasteiger partial charge in [0.25, 0.3) is 5.91 Å². The molecule has 0 fully saturated rings. The van der Waals surface area contributed by atoms with Crippen LogP contribution >= 0.6 is 0 Å². The summed E-state index contributed by atoms with van der Waals surface area (Å²) >= 11 is 0. The number of carbonyl (C=O) groups is 1. The van der Waals surface area contributed by atoms with Crippen LogP contribution < -0.4 is 15.4 Å². The lowest BCUT2D eigenvalue weighted by molar-refractivity contribution is 0.102. The minimum Gasteiger partial charge on any atom is -0.497 e. The smallest absolute Gasteiger partial charge is 0.274 e. The van der Waals surface area contributed by atoms with Gasteiger partial charge in [-0.05, 0) is 61.4 Å². The summed E-state index contributed by atoms with van der Waals surface area (Å²) in [7, 11) is 1.62. The molecule has 0 unspecified atom stereocenters. The molecule has 0 spiro atoms. The van der Waals surface area contributed by atoms with Gasteiger partial charge in [-0.15, -0.1) is 0 Å². The number of nitrogens with zero attached hydrogens (tertiary/aromatic N) is 2. The second-order valence-corrected chi connectivity index (χ2v) is 5.90. The van der Waals surface area contributed by atoms with Gasteiger partial charge in [0, 0.05) is 17.4 Å². The minimum absolute atomic E-state index is 0.284. The van der Waals surface area contributed by atoms with Gasteiger partial charge in [-0.25, -0.2) is 9.97 Å². The molecule has 3 aromatic rings. The van der Waals surface area contributed by atoms with E-state index in [0.29, 0.717) is 5.82 Å². The van der Waals surface area contributed by atoms with Crippen LogP contribution in [0.5, 0.6) is 5.75 Å². The van der Waals surface area contributed by atoms with Gasteiger partial charge in [-0.3, -0.25) is 4.79 Å². The number of benzene rings is 2. The van der Waals surface area contributed by atoms with Crippen LogP contribution in [0.1, 0.15) is 21.6 Å². The maximum atomic E-state index is 12.5. The van der Waals surface area contributed by atoms with Crippen molar-refractivity contribution in [2.24, 2.45) is 0 Å². The average molecular weight is 348 g/mol. The van der Waals surface area contributed by atoms with Gasteiger partial charge in [0.15, 0.2) is 0 Å². The number of amides is 1. The molecular weight excluding hydrogens is 328 g/mol. The number of nitrogens with one attached hydrogen (secondary N) is 2. The highest BCUT2D eigenvalue weighted by atomic mass is 16.5. The number of anilines is 3. The maximum absolute atomic E-state index is 12.5. The zero-order valence-electron chi connectivity index (χ0n) is 14.9. The molecule has 6 nitrogen and oxygen atoms in total. The summed E-state index contributed by atoms with van der Waals surface area (Å²) in [5.41, 5.74) is 4.16. The summed E-state index contributed by atoms with van der Waals surface area (Å²) in [4.78, 5) is 20.7. The molecular formula is C20H20N4O2. The van der Waals surface area contributed by atoms with Crippen molar-refractivity contribution < 1.29 is 9.53 Å². The van der Waals surface area contributed by atoms with Crippen molar-refractivity contribution in [1.29, 1.82) is 0 Å². The Hall–Kier alpha value is -3.41. The lowest BCUT2D eigenvalue weighted by atomic mass is 10.1. The van der Waals surface area contributed by atoms with Gasteiger partial charge in [-0.2, -0.15) is 0 Å². The monoisotopic (exact) mass is 348 g/mol. The molecule has 0 aliphatic carbocycles. The van der Waals surface area contributed by atoms with Gasteiger partial charge < -0.3 is 15.4 Å². The van der Waals surface area contributed by atoms with Gasteiger partial charge >= 0.3 is 0 Å². The molecule has 0 aliphatic rings. The fraction of sp³-hybridized carbons (Fsp3) is 0.150. The first-order chi connectivity index (χ1) is 12.5. The van der Waals surface area contributed by atoms with Gasteiger partial charge in [-0.1, -0.05) is 6.07 Å². The van der Waals surface area contributed by atoms with E-state index in [1.165, 1.54) is 11.9 Å². The second kappa shape index (κ2) is 7.65. The van der Waals surface area contributed by atoms with E-state index in [2.05, 4.69) is 20.6 Å². The van der Waals surface area contributed by atoms with Gasteiger partial charge in [0.1, 0.15) is 23.6 Å². The summed E-state index contributed by atoms with van der Waals surface area (Å²) in [6.07, 6.45) is 1.36. The Morgan fingerprint density at radius 3 is 2.35 bits per heavy atom. The largest absolute Gasteiger partial charge is 0.497 e. The van der Waals surface area contributed by atoms with Crippen molar-refractivity contribution in [3.63, 3.8) is 0 Å². The second-order valence-electron chi connectivity index (χ2n) is 5.90. The van der Waals surface area contributed by atoms with Crippen molar-refractivity contribution in [1.82, 2.24) is 9.97 Å². The summed E-state index contributed by atoms with van der Waals surface area (Å²) < 4.78 is 5.14. The molecule has 0 atom stereocenters. The highest BCUT2D eigenvalue weighted by molar-refractivity contribution is 6.03. The van der Waals surface area contributed by atoms with E-state index < -0.39 is 0 Å². The third kappa shape index (κ3) is 4.16. The van der Waals surface area contributed by atoms with E-state index in [-0.39, 0.29) is 11.6 Å². The van der Waals surface area contributed by atoms with E-state index in [1.807, 2.05) is 56.3 Å². The fourth-order valence-corrected chi connectivity index (χ4v) is 2.39. The Morgan fingerprint density at radius 1 is 0.923 bits per heavy atom. The van der Waals surface area contributed by atoms with Crippen LogP contribution in [0.3, 0.4) is 0 Å². The number of hydrogen-bond donors (Lipinski definition) is 2. The predicted molar refractivity (Wildman–Crippen MR) is 102 cm³/mol. The Balaban J connectivity index is 1.73. The first kappa shape index (κ1) is 17.4. The Labute approximate surface area is 152 Å². The summed E-state index contributed by atoms with van der Waals surface area (Å²) in [6, 6.07) is 14.8. The Morgan fingerprint density at radius 2 is 1.65 bits per heavy atom.